The van der Waals surface area contributed by atoms with Crippen molar-refractivity contribution < 1.29 is 4.74 Å². The van der Waals surface area contributed by atoms with E-state index in [0.717, 1.165) is 29.8 Å². The molecule has 1 aromatic carbocycles. The highest BCUT2D eigenvalue weighted by Crippen LogP contribution is 2.20. The Balaban J connectivity index is 1.97. The molecular formula is C16H22BrN3O. The fourth-order valence-electron chi connectivity index (χ4n) is 2.36. The third-order valence-electron chi connectivity index (χ3n) is 3.38. The summed E-state index contributed by atoms with van der Waals surface area (Å²) in [5.41, 5.74) is 4.70. The van der Waals surface area contributed by atoms with E-state index in [9.17, 15) is 0 Å². The van der Waals surface area contributed by atoms with Crippen LogP contribution in [0.25, 0.3) is 0 Å². The van der Waals surface area contributed by atoms with Gasteiger partial charge in [0.15, 0.2) is 0 Å². The van der Waals surface area contributed by atoms with Gasteiger partial charge in [-0.2, -0.15) is 5.10 Å². The summed E-state index contributed by atoms with van der Waals surface area (Å²) >= 11 is 3.62. The van der Waals surface area contributed by atoms with Gasteiger partial charge < -0.3 is 10.1 Å². The molecule has 114 valence electrons. The van der Waals surface area contributed by atoms with Crippen LogP contribution in [0.5, 0.6) is 0 Å². The molecule has 0 fully saturated rings. The van der Waals surface area contributed by atoms with Gasteiger partial charge >= 0.3 is 0 Å². The van der Waals surface area contributed by atoms with Crippen LogP contribution in [0.3, 0.4) is 0 Å². The van der Waals surface area contributed by atoms with Crippen molar-refractivity contribution in [1.82, 2.24) is 15.1 Å². The Hall–Kier alpha value is -1.17. The normalized spacial score (nSPS) is 11.0. The number of halogens is 1. The molecule has 2 rings (SSSR count). The number of nitrogens with zero attached hydrogens (tertiary/aromatic N) is 2. The topological polar surface area (TPSA) is 39.1 Å². The molecule has 1 N–H and O–H groups in total. The van der Waals surface area contributed by atoms with Crippen molar-refractivity contribution in [3.05, 3.63) is 51.3 Å². The van der Waals surface area contributed by atoms with Gasteiger partial charge in [-0.25, -0.2) is 0 Å². The van der Waals surface area contributed by atoms with E-state index in [0.29, 0.717) is 6.61 Å². The van der Waals surface area contributed by atoms with E-state index in [1.165, 1.54) is 16.8 Å². The zero-order chi connectivity index (χ0) is 15.2. The van der Waals surface area contributed by atoms with E-state index in [4.69, 9.17) is 4.74 Å². The van der Waals surface area contributed by atoms with Crippen molar-refractivity contribution in [2.75, 3.05) is 7.11 Å². The molecular weight excluding hydrogens is 330 g/mol. The van der Waals surface area contributed by atoms with Gasteiger partial charge in [-0.1, -0.05) is 24.3 Å². The number of methoxy groups -OCH3 is 1. The Morgan fingerprint density at radius 1 is 1.29 bits per heavy atom. The van der Waals surface area contributed by atoms with E-state index in [2.05, 4.69) is 57.5 Å². The highest BCUT2D eigenvalue weighted by Gasteiger charge is 2.11. The Morgan fingerprint density at radius 3 is 2.76 bits per heavy atom. The van der Waals surface area contributed by atoms with Gasteiger partial charge in [0.05, 0.1) is 22.5 Å². The van der Waals surface area contributed by atoms with Crippen molar-refractivity contribution in [1.29, 1.82) is 0 Å². The lowest BCUT2D eigenvalue weighted by molar-refractivity contribution is 0.185. The van der Waals surface area contributed by atoms with Crippen LogP contribution in [0.1, 0.15) is 29.4 Å². The molecule has 0 amide bonds. The average molecular weight is 352 g/mol. The van der Waals surface area contributed by atoms with E-state index in [-0.39, 0.29) is 0 Å². The molecule has 0 bridgehead atoms. The second-order valence-corrected chi connectivity index (χ2v) is 5.81. The highest BCUT2D eigenvalue weighted by molar-refractivity contribution is 9.10. The first-order chi connectivity index (χ1) is 10.2. The molecule has 0 radical (unpaired) electrons. The van der Waals surface area contributed by atoms with Crippen LogP contribution in [-0.4, -0.2) is 16.9 Å². The summed E-state index contributed by atoms with van der Waals surface area (Å²) in [6.45, 7) is 7.29. The SMILES string of the molecule is CCn1nc(C)c(Br)c1CNCc1cccc(COC)c1. The number of ether oxygens (including phenoxy) is 1. The number of hydrogen-bond acceptors (Lipinski definition) is 3. The van der Waals surface area contributed by atoms with Crippen LogP contribution < -0.4 is 5.32 Å². The van der Waals surface area contributed by atoms with Gasteiger partial charge in [0, 0.05) is 26.7 Å². The van der Waals surface area contributed by atoms with Crippen molar-refractivity contribution >= 4 is 15.9 Å². The summed E-state index contributed by atoms with van der Waals surface area (Å²) in [5, 5.41) is 7.99. The second kappa shape index (κ2) is 7.73. The van der Waals surface area contributed by atoms with Crippen LogP contribution >= 0.6 is 15.9 Å². The Morgan fingerprint density at radius 2 is 2.05 bits per heavy atom. The van der Waals surface area contributed by atoms with Crippen molar-refractivity contribution in [2.24, 2.45) is 0 Å². The maximum Gasteiger partial charge on any atom is 0.0739 e. The number of aryl methyl sites for hydroxylation is 2. The summed E-state index contributed by atoms with van der Waals surface area (Å²) < 4.78 is 8.30. The lowest BCUT2D eigenvalue weighted by atomic mass is 10.1. The number of aromatic nitrogens is 2. The molecule has 1 heterocycles. The van der Waals surface area contributed by atoms with Gasteiger partial charge in [0.2, 0.25) is 0 Å². The molecule has 0 aliphatic rings. The van der Waals surface area contributed by atoms with Crippen molar-refractivity contribution in [3.8, 4) is 0 Å². The van der Waals surface area contributed by atoms with Gasteiger partial charge in [-0.15, -0.1) is 0 Å². The Bertz CT molecular complexity index is 595. The Labute approximate surface area is 134 Å². The van der Waals surface area contributed by atoms with E-state index >= 15 is 0 Å². The molecule has 21 heavy (non-hydrogen) atoms. The zero-order valence-electron chi connectivity index (χ0n) is 12.8. The van der Waals surface area contributed by atoms with Crippen LogP contribution in [0.15, 0.2) is 28.7 Å². The minimum atomic E-state index is 0.654. The summed E-state index contributed by atoms with van der Waals surface area (Å²) in [6.07, 6.45) is 0. The van der Waals surface area contributed by atoms with Gasteiger partial charge in [0.1, 0.15) is 0 Å². The van der Waals surface area contributed by atoms with Crippen LogP contribution in [-0.2, 0) is 31.0 Å². The first kappa shape index (κ1) is 16.2. The molecule has 5 heteroatoms. The quantitative estimate of drug-likeness (QED) is 0.830. The molecule has 4 nitrogen and oxygen atoms in total. The molecule has 1 aromatic heterocycles. The predicted molar refractivity (Wildman–Crippen MR) is 88.0 cm³/mol. The fraction of sp³-hybridized carbons (Fsp3) is 0.438. The van der Waals surface area contributed by atoms with Gasteiger partial charge in [0.25, 0.3) is 0 Å². The second-order valence-electron chi connectivity index (χ2n) is 5.02. The molecule has 0 saturated heterocycles. The summed E-state index contributed by atoms with van der Waals surface area (Å²) in [5.74, 6) is 0. The highest BCUT2D eigenvalue weighted by atomic mass is 79.9. The molecule has 0 unspecified atom stereocenters. The summed E-state index contributed by atoms with van der Waals surface area (Å²) in [7, 11) is 1.72. The monoisotopic (exact) mass is 351 g/mol. The summed E-state index contributed by atoms with van der Waals surface area (Å²) in [4.78, 5) is 0. The number of nitrogens with one attached hydrogen (secondary N) is 1. The van der Waals surface area contributed by atoms with Crippen LogP contribution in [0.2, 0.25) is 0 Å². The molecule has 0 aliphatic carbocycles. The van der Waals surface area contributed by atoms with Crippen molar-refractivity contribution in [2.45, 2.75) is 40.1 Å². The zero-order valence-corrected chi connectivity index (χ0v) is 14.4. The molecule has 0 aliphatic heterocycles. The molecule has 0 saturated carbocycles. The first-order valence-electron chi connectivity index (χ1n) is 7.15. The third kappa shape index (κ3) is 4.15. The van der Waals surface area contributed by atoms with Crippen molar-refractivity contribution in [3.63, 3.8) is 0 Å². The van der Waals surface area contributed by atoms with E-state index in [1.54, 1.807) is 7.11 Å². The smallest absolute Gasteiger partial charge is 0.0739 e. The largest absolute Gasteiger partial charge is 0.380 e. The van der Waals surface area contributed by atoms with Gasteiger partial charge in [-0.3, -0.25) is 4.68 Å². The maximum absolute atomic E-state index is 5.17. The standard InChI is InChI=1S/C16H22BrN3O/c1-4-20-15(16(17)12(2)19-20)10-18-9-13-6-5-7-14(8-13)11-21-3/h5-8,18H,4,9-11H2,1-3H3. The number of benzene rings is 1. The molecule has 0 atom stereocenters. The minimum absolute atomic E-state index is 0.654. The minimum Gasteiger partial charge on any atom is -0.380 e. The van der Waals surface area contributed by atoms with E-state index < -0.39 is 0 Å². The lowest BCUT2D eigenvalue weighted by Gasteiger charge is -2.09. The average Bonchev–Trinajstić information content (AvgIpc) is 2.76. The summed E-state index contributed by atoms with van der Waals surface area (Å²) in [6, 6.07) is 8.46. The van der Waals surface area contributed by atoms with Gasteiger partial charge in [-0.05, 0) is 40.9 Å². The van der Waals surface area contributed by atoms with Crippen LogP contribution in [0.4, 0.5) is 0 Å². The maximum atomic E-state index is 5.17. The molecule has 0 spiro atoms. The Kier molecular flexibility index (Phi) is 5.96. The third-order valence-corrected chi connectivity index (χ3v) is 4.41. The number of hydrogen-bond donors (Lipinski definition) is 1. The first-order valence-corrected chi connectivity index (χ1v) is 7.94. The van der Waals surface area contributed by atoms with E-state index in [1.807, 2.05) is 11.6 Å². The fourth-order valence-corrected chi connectivity index (χ4v) is 2.78. The molecule has 2 aromatic rings. The predicted octanol–water partition coefficient (Wildman–Crippen LogP) is 3.41. The van der Waals surface area contributed by atoms with Crippen LogP contribution in [0, 0.1) is 6.92 Å². The lowest BCUT2D eigenvalue weighted by Crippen LogP contribution is -2.16. The number of rotatable bonds is 7.